The van der Waals surface area contributed by atoms with Gasteiger partial charge >= 0.3 is 0 Å². The average molecular weight is 340 g/mol. The summed E-state index contributed by atoms with van der Waals surface area (Å²) in [7, 11) is 0. The van der Waals surface area contributed by atoms with Gasteiger partial charge in [0.15, 0.2) is 5.96 Å². The van der Waals surface area contributed by atoms with Crippen molar-refractivity contribution in [2.24, 2.45) is 10.7 Å². The van der Waals surface area contributed by atoms with Crippen LogP contribution in [0.15, 0.2) is 33.7 Å². The number of benzene rings is 1. The number of hydrogen-bond donors (Lipinski definition) is 1. The molecule has 0 spiro atoms. The van der Waals surface area contributed by atoms with Crippen LogP contribution in [0.2, 0.25) is 0 Å². The quantitative estimate of drug-likeness (QED) is 0.679. The smallest absolute Gasteiger partial charge is 0.191 e. The van der Waals surface area contributed by atoms with E-state index in [1.165, 1.54) is 5.56 Å². The van der Waals surface area contributed by atoms with Crippen molar-refractivity contribution in [1.29, 1.82) is 0 Å². The first-order valence-electron chi connectivity index (χ1n) is 6.88. The highest BCUT2D eigenvalue weighted by molar-refractivity contribution is 9.10. The minimum absolute atomic E-state index is 0.0585. The van der Waals surface area contributed by atoms with Crippen molar-refractivity contribution in [1.82, 2.24) is 4.90 Å². The summed E-state index contributed by atoms with van der Waals surface area (Å²) in [6.07, 6.45) is 0. The van der Waals surface area contributed by atoms with E-state index in [4.69, 9.17) is 10.5 Å². The van der Waals surface area contributed by atoms with E-state index >= 15 is 0 Å². The molecule has 1 saturated heterocycles. The first-order chi connectivity index (χ1) is 9.50. The van der Waals surface area contributed by atoms with Gasteiger partial charge in [-0.15, -0.1) is 0 Å². The molecule has 0 saturated carbocycles. The van der Waals surface area contributed by atoms with Crippen molar-refractivity contribution in [2.45, 2.75) is 19.3 Å². The number of nitrogens with two attached hydrogens (primary N) is 1. The van der Waals surface area contributed by atoms with Crippen molar-refractivity contribution in [3.05, 3.63) is 34.3 Å². The molecule has 1 aliphatic heterocycles. The molecule has 1 aliphatic rings. The van der Waals surface area contributed by atoms with Gasteiger partial charge in [0.1, 0.15) is 0 Å². The molecule has 0 aromatic heterocycles. The van der Waals surface area contributed by atoms with Gasteiger partial charge in [-0.05, 0) is 11.6 Å². The van der Waals surface area contributed by atoms with Crippen LogP contribution in [0.5, 0.6) is 0 Å². The van der Waals surface area contributed by atoms with Crippen molar-refractivity contribution in [3.63, 3.8) is 0 Å². The number of hydrogen-bond acceptors (Lipinski definition) is 2. The van der Waals surface area contributed by atoms with Crippen LogP contribution in [0.4, 0.5) is 0 Å². The van der Waals surface area contributed by atoms with Gasteiger partial charge in [-0.25, -0.2) is 0 Å². The van der Waals surface area contributed by atoms with Gasteiger partial charge in [-0.2, -0.15) is 0 Å². The Balaban J connectivity index is 2.06. The fourth-order valence-electron chi connectivity index (χ4n) is 2.27. The molecular weight excluding hydrogens is 318 g/mol. The Morgan fingerprint density at radius 1 is 1.35 bits per heavy atom. The van der Waals surface area contributed by atoms with Crippen LogP contribution in [0, 0.1) is 0 Å². The maximum atomic E-state index is 6.08. The molecule has 2 rings (SSSR count). The summed E-state index contributed by atoms with van der Waals surface area (Å²) in [5.41, 5.74) is 7.27. The van der Waals surface area contributed by atoms with Crippen LogP contribution in [0.3, 0.4) is 0 Å². The third-order valence-corrected chi connectivity index (χ3v) is 4.27. The zero-order chi connectivity index (χ0) is 14.6. The van der Waals surface area contributed by atoms with Crippen LogP contribution < -0.4 is 5.73 Å². The summed E-state index contributed by atoms with van der Waals surface area (Å²) < 4.78 is 6.44. The largest absolute Gasteiger partial charge is 0.378 e. The van der Waals surface area contributed by atoms with Crippen molar-refractivity contribution >= 4 is 21.9 Å². The van der Waals surface area contributed by atoms with Crippen molar-refractivity contribution in [2.75, 3.05) is 32.8 Å². The van der Waals surface area contributed by atoms with Gasteiger partial charge in [-0.3, -0.25) is 4.99 Å². The highest BCUT2D eigenvalue weighted by Gasteiger charge is 2.23. The number of halogens is 1. The predicted octanol–water partition coefficient (Wildman–Crippen LogP) is 2.37. The molecule has 4 nitrogen and oxygen atoms in total. The van der Waals surface area contributed by atoms with Crippen molar-refractivity contribution < 1.29 is 4.74 Å². The van der Waals surface area contributed by atoms with Crippen LogP contribution in [0.1, 0.15) is 19.4 Å². The van der Waals surface area contributed by atoms with E-state index in [0.29, 0.717) is 12.5 Å². The first-order valence-corrected chi connectivity index (χ1v) is 7.67. The van der Waals surface area contributed by atoms with Crippen LogP contribution in [0.25, 0.3) is 0 Å². The molecule has 5 heteroatoms. The summed E-state index contributed by atoms with van der Waals surface area (Å²) in [4.78, 5) is 6.66. The van der Waals surface area contributed by atoms with E-state index in [2.05, 4.69) is 57.9 Å². The van der Waals surface area contributed by atoms with E-state index < -0.39 is 0 Å². The molecule has 20 heavy (non-hydrogen) atoms. The van der Waals surface area contributed by atoms with Crippen LogP contribution >= 0.6 is 15.9 Å². The second kappa shape index (κ2) is 6.59. The second-order valence-electron chi connectivity index (χ2n) is 5.64. The molecule has 1 aromatic rings. The number of rotatable bonds is 3. The highest BCUT2D eigenvalue weighted by Crippen LogP contribution is 2.30. The highest BCUT2D eigenvalue weighted by atomic mass is 79.9. The molecule has 1 aromatic carbocycles. The first kappa shape index (κ1) is 15.3. The Morgan fingerprint density at radius 2 is 2.00 bits per heavy atom. The summed E-state index contributed by atoms with van der Waals surface area (Å²) in [6, 6.07) is 8.27. The average Bonchev–Trinajstić information content (AvgIpc) is 2.46. The van der Waals surface area contributed by atoms with Crippen LogP contribution in [-0.2, 0) is 10.2 Å². The lowest BCUT2D eigenvalue weighted by Crippen LogP contribution is -2.45. The third kappa shape index (κ3) is 3.73. The van der Waals surface area contributed by atoms with E-state index in [1.807, 2.05) is 6.07 Å². The zero-order valence-electron chi connectivity index (χ0n) is 12.1. The predicted molar refractivity (Wildman–Crippen MR) is 86.0 cm³/mol. The fourth-order valence-corrected chi connectivity index (χ4v) is 3.09. The van der Waals surface area contributed by atoms with Gasteiger partial charge in [0.25, 0.3) is 0 Å². The third-order valence-electron chi connectivity index (χ3n) is 3.57. The van der Waals surface area contributed by atoms with Gasteiger partial charge in [-0.1, -0.05) is 48.0 Å². The Hall–Kier alpha value is -1.07. The maximum Gasteiger partial charge on any atom is 0.191 e. The lowest BCUT2D eigenvalue weighted by atomic mass is 9.85. The number of aliphatic imine (C=N–C) groups is 1. The van der Waals surface area contributed by atoms with Gasteiger partial charge in [0, 0.05) is 23.0 Å². The number of morpholine rings is 1. The summed E-state index contributed by atoms with van der Waals surface area (Å²) in [6.45, 7) is 8.13. The molecule has 0 bridgehead atoms. The van der Waals surface area contributed by atoms with Gasteiger partial charge < -0.3 is 15.4 Å². The molecule has 0 radical (unpaired) electrons. The van der Waals surface area contributed by atoms with E-state index in [1.54, 1.807) is 0 Å². The fraction of sp³-hybridized carbons (Fsp3) is 0.533. The summed E-state index contributed by atoms with van der Waals surface area (Å²) >= 11 is 3.61. The molecule has 2 N–H and O–H groups in total. The molecule has 0 aliphatic carbocycles. The molecule has 1 heterocycles. The van der Waals surface area contributed by atoms with Crippen LogP contribution in [-0.4, -0.2) is 43.7 Å². The van der Waals surface area contributed by atoms with Gasteiger partial charge in [0.2, 0.25) is 0 Å². The Kier molecular flexibility index (Phi) is 5.05. The lowest BCUT2D eigenvalue weighted by Gasteiger charge is -2.29. The molecule has 0 atom stereocenters. The summed E-state index contributed by atoms with van der Waals surface area (Å²) in [5.74, 6) is 0.619. The Labute approximate surface area is 129 Å². The molecule has 0 unspecified atom stereocenters. The van der Waals surface area contributed by atoms with Gasteiger partial charge in [0.05, 0.1) is 19.8 Å². The number of ether oxygens (including phenoxy) is 1. The van der Waals surface area contributed by atoms with E-state index in [9.17, 15) is 0 Å². The minimum atomic E-state index is -0.0585. The SMILES string of the molecule is CC(C)(CN=C(N)N1CCOCC1)c1ccccc1Br. The Bertz CT molecular complexity index is 482. The topological polar surface area (TPSA) is 50.8 Å². The molecule has 1 fully saturated rings. The summed E-state index contributed by atoms with van der Waals surface area (Å²) in [5, 5.41) is 0. The molecule has 110 valence electrons. The maximum absolute atomic E-state index is 6.08. The lowest BCUT2D eigenvalue weighted by molar-refractivity contribution is 0.0674. The number of nitrogens with zero attached hydrogens (tertiary/aromatic N) is 2. The number of guanidine groups is 1. The Morgan fingerprint density at radius 3 is 2.65 bits per heavy atom. The minimum Gasteiger partial charge on any atom is -0.378 e. The normalized spacial score (nSPS) is 17.4. The standard InChI is InChI=1S/C15H22BrN3O/c1-15(2,12-5-3-4-6-13(12)16)11-18-14(17)19-7-9-20-10-8-19/h3-6H,7-11H2,1-2H3,(H2,17,18). The van der Waals surface area contributed by atoms with E-state index in [-0.39, 0.29) is 5.41 Å². The van der Waals surface area contributed by atoms with E-state index in [0.717, 1.165) is 30.8 Å². The monoisotopic (exact) mass is 339 g/mol. The molecule has 0 amide bonds. The molecular formula is C15H22BrN3O. The zero-order valence-corrected chi connectivity index (χ0v) is 13.7. The second-order valence-corrected chi connectivity index (χ2v) is 6.49. The van der Waals surface area contributed by atoms with Crippen molar-refractivity contribution in [3.8, 4) is 0 Å².